The maximum Gasteiger partial charge on any atom is 0.276 e. The molecule has 14 heteroatoms. The molecule has 0 fully saturated rings. The molecule has 9 nitrogen and oxygen atoms in total. The third kappa shape index (κ3) is 5.50. The minimum atomic E-state index is -3.94. The van der Waals surface area contributed by atoms with Gasteiger partial charge in [0.15, 0.2) is 17.3 Å². The Morgan fingerprint density at radius 2 is 1.94 bits per heavy atom. The highest BCUT2D eigenvalue weighted by atomic mass is 35.5. The predicted octanol–water partition coefficient (Wildman–Crippen LogP) is 4.06. The van der Waals surface area contributed by atoms with Crippen molar-refractivity contribution in [2.75, 3.05) is 19.8 Å². The lowest BCUT2D eigenvalue weighted by Gasteiger charge is -2.13. The first-order valence-corrected chi connectivity index (χ1v) is 11.6. The summed E-state index contributed by atoms with van der Waals surface area (Å²) in [6, 6.07) is 7.10. The molecule has 0 saturated carbocycles. The highest BCUT2D eigenvalue weighted by Crippen LogP contribution is 2.35. The molecule has 4 N–H and O–H groups in total. The van der Waals surface area contributed by atoms with Crippen molar-refractivity contribution < 1.29 is 22.3 Å². The zero-order valence-corrected chi connectivity index (χ0v) is 20.2. The number of nitrogens with zero attached hydrogens (tertiary/aromatic N) is 2. The minimum Gasteiger partial charge on any atom is -0.453 e. The number of H-pyrrole nitrogens is 1. The van der Waals surface area contributed by atoms with Crippen LogP contribution in [0.4, 0.5) is 10.1 Å². The zero-order valence-electron chi connectivity index (χ0n) is 17.1. The van der Waals surface area contributed by atoms with Gasteiger partial charge in [0.1, 0.15) is 10.9 Å². The number of carbonyl (C=O) groups excluding carboxylic acids is 1. The van der Waals surface area contributed by atoms with E-state index in [1.54, 1.807) is 0 Å². The molecule has 1 amide bonds. The van der Waals surface area contributed by atoms with Gasteiger partial charge in [-0.1, -0.05) is 40.9 Å². The van der Waals surface area contributed by atoms with Crippen LogP contribution in [-0.4, -0.2) is 42.7 Å². The van der Waals surface area contributed by atoms with Gasteiger partial charge >= 0.3 is 0 Å². The Kier molecular flexibility index (Phi) is 7.39. The molecule has 0 bridgehead atoms. The average Bonchev–Trinajstić information content (AvgIpc) is 3.12. The third-order valence-corrected chi connectivity index (χ3v) is 6.69. The van der Waals surface area contributed by atoms with Crippen molar-refractivity contribution in [1.82, 2.24) is 19.6 Å². The van der Waals surface area contributed by atoms with Crippen LogP contribution in [0.5, 0.6) is 11.5 Å². The van der Waals surface area contributed by atoms with Gasteiger partial charge in [-0.05, 0) is 18.2 Å². The number of imidazole rings is 1. The Hall–Kier alpha value is -2.57. The highest BCUT2D eigenvalue weighted by Gasteiger charge is 2.26. The van der Waals surface area contributed by atoms with Crippen molar-refractivity contribution in [1.29, 1.82) is 0 Å². The number of nitrogen functional groups attached to an aromatic ring is 1. The number of benzene rings is 2. The molecule has 0 saturated heterocycles. The Labute approximate surface area is 203 Å². The van der Waals surface area contributed by atoms with Crippen LogP contribution >= 0.6 is 34.8 Å². The van der Waals surface area contributed by atoms with Gasteiger partial charge in [-0.15, -0.1) is 0 Å². The number of nitrogens with one attached hydrogen (secondary N) is 2. The van der Waals surface area contributed by atoms with Gasteiger partial charge in [0.05, 0.1) is 5.02 Å². The first-order chi connectivity index (χ1) is 15.4. The van der Waals surface area contributed by atoms with E-state index in [9.17, 15) is 13.2 Å². The maximum atomic E-state index is 15.0. The van der Waals surface area contributed by atoms with Crippen LogP contribution in [0.1, 0.15) is 16.1 Å². The number of halogens is 4. The van der Waals surface area contributed by atoms with E-state index in [1.165, 1.54) is 44.4 Å². The number of hydrogen-bond acceptors (Lipinski definition) is 6. The summed E-state index contributed by atoms with van der Waals surface area (Å²) >= 11 is 17.9. The number of sulfonamides is 1. The third-order valence-electron chi connectivity index (χ3n) is 4.26. The van der Waals surface area contributed by atoms with Crippen LogP contribution in [0, 0.1) is 5.82 Å². The van der Waals surface area contributed by atoms with Crippen LogP contribution in [0.25, 0.3) is 0 Å². The van der Waals surface area contributed by atoms with Crippen LogP contribution in [0.15, 0.2) is 35.5 Å². The fourth-order valence-electron chi connectivity index (χ4n) is 2.60. The number of anilines is 1. The summed E-state index contributed by atoms with van der Waals surface area (Å²) in [6.45, 7) is -0.297. The molecule has 1 aromatic heterocycles. The number of aromatic amines is 1. The molecule has 0 aliphatic carbocycles. The molecule has 0 atom stereocenters. The van der Waals surface area contributed by atoms with Crippen LogP contribution in [0.3, 0.4) is 0 Å². The molecule has 0 spiro atoms. The molecular formula is C19H17Cl3FN5O4S. The standard InChI is InChI=1S/C19H17Cl3FN5O4S/c1-28(2)33(30,31)19-26-15(17(22)27-19)18(29)25-8-9-3-4-13(21)16(14(9)23)32-12-6-10(20)5-11(24)7-12/h3-7H,8,24H2,1-2H3,(H,25,29)(H,26,27). The van der Waals surface area contributed by atoms with E-state index in [-0.39, 0.29) is 44.5 Å². The molecule has 176 valence electrons. The van der Waals surface area contributed by atoms with Crippen LogP contribution < -0.4 is 15.8 Å². The number of rotatable bonds is 7. The fraction of sp³-hybridized carbons (Fsp3) is 0.158. The molecule has 33 heavy (non-hydrogen) atoms. The van der Waals surface area contributed by atoms with Gasteiger partial charge in [-0.25, -0.2) is 22.1 Å². The van der Waals surface area contributed by atoms with E-state index in [0.29, 0.717) is 5.69 Å². The summed E-state index contributed by atoms with van der Waals surface area (Å²) in [5.41, 5.74) is 5.69. The van der Waals surface area contributed by atoms with E-state index in [2.05, 4.69) is 15.3 Å². The molecule has 1 heterocycles. The van der Waals surface area contributed by atoms with Gasteiger partial charge in [0.25, 0.3) is 15.9 Å². The lowest BCUT2D eigenvalue weighted by molar-refractivity contribution is 0.0946. The molecule has 0 aliphatic rings. The van der Waals surface area contributed by atoms with Gasteiger partial charge in [-0.3, -0.25) is 4.79 Å². The van der Waals surface area contributed by atoms with E-state index in [4.69, 9.17) is 45.3 Å². The number of nitrogens with two attached hydrogens (primary N) is 1. The van der Waals surface area contributed by atoms with Crippen LogP contribution in [0.2, 0.25) is 15.2 Å². The van der Waals surface area contributed by atoms with E-state index < -0.39 is 26.9 Å². The summed E-state index contributed by atoms with van der Waals surface area (Å²) < 4.78 is 45.8. The van der Waals surface area contributed by atoms with Crippen molar-refractivity contribution in [3.8, 4) is 11.5 Å². The fourth-order valence-corrected chi connectivity index (χ4v) is 4.08. The second kappa shape index (κ2) is 9.74. The summed E-state index contributed by atoms with van der Waals surface area (Å²) in [5.74, 6) is -1.77. The lowest BCUT2D eigenvalue weighted by atomic mass is 10.2. The molecule has 0 unspecified atom stereocenters. The topological polar surface area (TPSA) is 130 Å². The number of carbonyl (C=O) groups is 1. The molecule has 0 aliphatic heterocycles. The van der Waals surface area contributed by atoms with Crippen molar-refractivity contribution in [3.05, 3.63) is 62.6 Å². The molecular weight excluding hydrogens is 520 g/mol. The average molecular weight is 537 g/mol. The summed E-state index contributed by atoms with van der Waals surface area (Å²) in [4.78, 5) is 18.6. The second-order valence-corrected chi connectivity index (χ2v) is 10.1. The van der Waals surface area contributed by atoms with Gasteiger partial charge < -0.3 is 20.8 Å². The largest absolute Gasteiger partial charge is 0.453 e. The number of amides is 1. The van der Waals surface area contributed by atoms with Gasteiger partial charge in [0, 0.05) is 43.0 Å². The molecule has 2 aromatic carbocycles. The molecule has 3 rings (SSSR count). The number of aromatic nitrogens is 2. The van der Waals surface area contributed by atoms with E-state index in [1.807, 2.05) is 0 Å². The highest BCUT2D eigenvalue weighted by molar-refractivity contribution is 7.88. The quantitative estimate of drug-likeness (QED) is 0.390. The summed E-state index contributed by atoms with van der Waals surface area (Å²) in [7, 11) is -1.34. The second-order valence-electron chi connectivity index (χ2n) is 6.85. The molecule has 0 radical (unpaired) electrons. The van der Waals surface area contributed by atoms with Crippen molar-refractivity contribution in [2.24, 2.45) is 0 Å². The number of hydrogen-bond donors (Lipinski definition) is 3. The van der Waals surface area contributed by atoms with Crippen molar-refractivity contribution >= 4 is 56.4 Å². The van der Waals surface area contributed by atoms with Gasteiger partial charge in [-0.2, -0.15) is 0 Å². The Bertz CT molecular complexity index is 1310. The SMILES string of the molecule is CN(C)S(=O)(=O)c1nc(C(=O)NCc2ccc(Cl)c(Oc3cc(N)cc(Cl)c3)c2F)c(Cl)[nH]1. The zero-order chi connectivity index (χ0) is 24.5. The van der Waals surface area contributed by atoms with E-state index >= 15 is 4.39 Å². The predicted molar refractivity (Wildman–Crippen MR) is 123 cm³/mol. The number of ether oxygens (including phenoxy) is 1. The first kappa shape index (κ1) is 25.1. The first-order valence-electron chi connectivity index (χ1n) is 9.07. The smallest absolute Gasteiger partial charge is 0.276 e. The van der Waals surface area contributed by atoms with Crippen molar-refractivity contribution in [3.63, 3.8) is 0 Å². The van der Waals surface area contributed by atoms with Crippen molar-refractivity contribution in [2.45, 2.75) is 11.7 Å². The van der Waals surface area contributed by atoms with Gasteiger partial charge in [0.2, 0.25) is 5.16 Å². The van der Waals surface area contributed by atoms with Crippen LogP contribution in [-0.2, 0) is 16.6 Å². The Morgan fingerprint density at radius 1 is 1.24 bits per heavy atom. The summed E-state index contributed by atoms with van der Waals surface area (Å²) in [6.07, 6.45) is 0. The Balaban J connectivity index is 1.80. The normalized spacial score (nSPS) is 11.6. The van der Waals surface area contributed by atoms with E-state index in [0.717, 1.165) is 4.31 Å². The monoisotopic (exact) mass is 535 g/mol. The maximum absolute atomic E-state index is 15.0. The molecule has 3 aromatic rings. The lowest BCUT2D eigenvalue weighted by Crippen LogP contribution is -2.25. The summed E-state index contributed by atoms with van der Waals surface area (Å²) in [5, 5.41) is 1.91. The minimum absolute atomic E-state index is 0.0185. The Morgan fingerprint density at radius 3 is 2.58 bits per heavy atom.